The fourth-order valence-corrected chi connectivity index (χ4v) is 11.5. The second-order valence-corrected chi connectivity index (χ2v) is 18.5. The van der Waals surface area contributed by atoms with Gasteiger partial charge in [0.05, 0.1) is 5.56 Å². The van der Waals surface area contributed by atoms with Crippen LogP contribution in [0.25, 0.3) is 44.2 Å². The van der Waals surface area contributed by atoms with Crippen molar-refractivity contribution in [1.82, 2.24) is 0 Å². The van der Waals surface area contributed by atoms with Gasteiger partial charge in [0.25, 0.3) is 0 Å². The Kier molecular flexibility index (Phi) is 10.8. The molecular weight excluding hydrogens is 791 g/mol. The van der Waals surface area contributed by atoms with E-state index in [0.29, 0.717) is 17.2 Å². The largest absolute Gasteiger partial charge is 0.423 e. The summed E-state index contributed by atoms with van der Waals surface area (Å²) in [6.45, 7) is 16.0. The van der Waals surface area contributed by atoms with E-state index in [2.05, 4.69) is 193 Å². The van der Waals surface area contributed by atoms with Crippen molar-refractivity contribution in [2.45, 2.75) is 97.3 Å². The van der Waals surface area contributed by atoms with Gasteiger partial charge in [-0.15, -0.1) is 0 Å². The van der Waals surface area contributed by atoms with Crippen LogP contribution in [0.3, 0.4) is 0 Å². The standard InChI is InChI=1S/C62H59NO2/c1-8-41-21-22-43(40(6)7)37-55(41)42-26-31-50(32-27-42)65-60(64)46-24-23-45-36-47(28-25-44(45)35-46)63(48-29-33-53-51-17-13-15-19-56(51)61(9-2,10-3)58(53)38-48)49-30-34-54-52-18-14-16-20-57(52)62(11-4,12-5)59(54)39-49/h13-40H,8-12H2,1-7H3. The highest BCUT2D eigenvalue weighted by Crippen LogP contribution is 2.56. The maximum atomic E-state index is 13.7. The SMILES string of the molecule is CCc1ccc(C(C)C)cc1-c1ccc(OC(=O)c2ccc3cc(N(c4ccc5c(c4)C(CC)(CC)c4ccccc4-5)c4ccc5c(c4)C(CC)(CC)c4ccccc4-5)ccc3c2)cc1. The number of carbonyl (C=O) groups is 1. The minimum absolute atomic E-state index is 0.0544. The molecule has 10 rings (SSSR count). The number of esters is 1. The van der Waals surface area contributed by atoms with Gasteiger partial charge in [0.2, 0.25) is 0 Å². The molecule has 0 saturated heterocycles. The molecule has 0 N–H and O–H groups in total. The first-order chi connectivity index (χ1) is 31.7. The first-order valence-electron chi connectivity index (χ1n) is 23.9. The Morgan fingerprint density at radius 3 is 1.55 bits per heavy atom. The molecule has 324 valence electrons. The Morgan fingerprint density at radius 1 is 0.492 bits per heavy atom. The summed E-state index contributed by atoms with van der Waals surface area (Å²) in [5, 5.41) is 2.04. The van der Waals surface area contributed by atoms with Gasteiger partial charge >= 0.3 is 5.97 Å². The number of anilines is 3. The topological polar surface area (TPSA) is 29.5 Å². The van der Waals surface area contributed by atoms with E-state index in [1.807, 2.05) is 24.3 Å². The van der Waals surface area contributed by atoms with Gasteiger partial charge in [-0.1, -0.05) is 152 Å². The number of benzene rings is 8. The average molecular weight is 850 g/mol. The van der Waals surface area contributed by atoms with Crippen LogP contribution in [0.1, 0.15) is 124 Å². The van der Waals surface area contributed by atoms with Gasteiger partial charge in [-0.05, 0) is 176 Å². The lowest BCUT2D eigenvalue weighted by molar-refractivity contribution is 0.0735. The monoisotopic (exact) mass is 849 g/mol. The second kappa shape index (κ2) is 16.7. The van der Waals surface area contributed by atoms with Crippen LogP contribution >= 0.6 is 0 Å². The number of hydrogen-bond donors (Lipinski definition) is 0. The van der Waals surface area contributed by atoms with Crippen LogP contribution in [0.2, 0.25) is 0 Å². The van der Waals surface area contributed by atoms with E-state index in [9.17, 15) is 4.79 Å². The normalized spacial score (nSPS) is 13.9. The Labute approximate surface area is 385 Å². The van der Waals surface area contributed by atoms with Crippen LogP contribution in [0, 0.1) is 0 Å². The highest BCUT2D eigenvalue weighted by molar-refractivity contribution is 5.98. The molecule has 3 heteroatoms. The molecule has 0 radical (unpaired) electrons. The van der Waals surface area contributed by atoms with Gasteiger partial charge in [0, 0.05) is 27.9 Å². The molecule has 0 saturated carbocycles. The summed E-state index contributed by atoms with van der Waals surface area (Å²) in [5.41, 5.74) is 19.8. The van der Waals surface area contributed by atoms with Crippen molar-refractivity contribution in [2.75, 3.05) is 4.90 Å². The van der Waals surface area contributed by atoms with E-state index in [1.54, 1.807) is 0 Å². The smallest absolute Gasteiger partial charge is 0.343 e. The number of aryl methyl sites for hydroxylation is 1. The second-order valence-electron chi connectivity index (χ2n) is 18.5. The summed E-state index contributed by atoms with van der Waals surface area (Å²) in [7, 11) is 0. The highest BCUT2D eigenvalue weighted by atomic mass is 16.5. The third-order valence-corrected chi connectivity index (χ3v) is 15.3. The highest BCUT2D eigenvalue weighted by Gasteiger charge is 2.42. The summed E-state index contributed by atoms with van der Waals surface area (Å²) in [5.74, 6) is 0.608. The quantitative estimate of drug-likeness (QED) is 0.0906. The molecule has 0 bridgehead atoms. The van der Waals surface area contributed by atoms with Crippen LogP contribution in [-0.2, 0) is 17.3 Å². The molecule has 0 aliphatic heterocycles. The van der Waals surface area contributed by atoms with Crippen LogP contribution in [0.5, 0.6) is 5.75 Å². The van der Waals surface area contributed by atoms with Gasteiger partial charge in [0.15, 0.2) is 0 Å². The average Bonchev–Trinajstić information content (AvgIpc) is 3.80. The summed E-state index contributed by atoms with van der Waals surface area (Å²) >= 11 is 0. The zero-order chi connectivity index (χ0) is 45.0. The van der Waals surface area contributed by atoms with E-state index in [0.717, 1.165) is 65.5 Å². The number of ether oxygens (including phenoxy) is 1. The summed E-state index contributed by atoms with van der Waals surface area (Å²) in [4.78, 5) is 16.2. The lowest BCUT2D eigenvalue weighted by atomic mass is 9.73. The minimum Gasteiger partial charge on any atom is -0.423 e. The maximum Gasteiger partial charge on any atom is 0.343 e. The third kappa shape index (κ3) is 6.82. The molecular formula is C62H59NO2. The van der Waals surface area contributed by atoms with Crippen molar-refractivity contribution in [1.29, 1.82) is 0 Å². The number of carbonyl (C=O) groups excluding carboxylic acids is 1. The molecule has 0 heterocycles. The van der Waals surface area contributed by atoms with Crippen LogP contribution < -0.4 is 9.64 Å². The van der Waals surface area contributed by atoms with Crippen LogP contribution in [0.4, 0.5) is 17.1 Å². The number of rotatable bonds is 12. The van der Waals surface area contributed by atoms with Crippen molar-refractivity contribution in [3.63, 3.8) is 0 Å². The van der Waals surface area contributed by atoms with Crippen molar-refractivity contribution in [3.05, 3.63) is 203 Å². The number of nitrogens with zero attached hydrogens (tertiary/aromatic N) is 1. The fraction of sp³-hybridized carbons (Fsp3) is 0.242. The summed E-state index contributed by atoms with van der Waals surface area (Å²) in [6, 6.07) is 59.5. The molecule has 2 aliphatic rings. The van der Waals surface area contributed by atoms with Crippen LogP contribution in [0.15, 0.2) is 164 Å². The molecule has 0 atom stereocenters. The molecule has 0 fully saturated rings. The summed E-state index contributed by atoms with van der Waals surface area (Å²) in [6.07, 6.45) is 5.07. The van der Waals surface area contributed by atoms with E-state index < -0.39 is 0 Å². The zero-order valence-corrected chi connectivity index (χ0v) is 39.0. The maximum absolute atomic E-state index is 13.7. The Morgan fingerprint density at radius 2 is 1.00 bits per heavy atom. The molecule has 0 amide bonds. The number of fused-ring (bicyclic) bond motifs is 7. The lowest BCUT2D eigenvalue weighted by Crippen LogP contribution is -2.24. The first-order valence-corrected chi connectivity index (χ1v) is 23.9. The van der Waals surface area contributed by atoms with E-state index in [-0.39, 0.29) is 16.8 Å². The van der Waals surface area contributed by atoms with Gasteiger partial charge in [0.1, 0.15) is 5.75 Å². The predicted molar refractivity (Wildman–Crippen MR) is 273 cm³/mol. The predicted octanol–water partition coefficient (Wildman–Crippen LogP) is 17.1. The van der Waals surface area contributed by atoms with Gasteiger partial charge in [-0.3, -0.25) is 0 Å². The van der Waals surface area contributed by atoms with E-state index in [1.165, 1.54) is 61.2 Å². The molecule has 8 aromatic carbocycles. The first kappa shape index (κ1) is 42.3. The van der Waals surface area contributed by atoms with Gasteiger partial charge in [-0.25, -0.2) is 4.79 Å². The minimum atomic E-state index is -0.370. The lowest BCUT2D eigenvalue weighted by Gasteiger charge is -2.33. The zero-order valence-electron chi connectivity index (χ0n) is 39.0. The molecule has 8 aromatic rings. The fourth-order valence-electron chi connectivity index (χ4n) is 11.5. The van der Waals surface area contributed by atoms with Crippen molar-refractivity contribution in [3.8, 4) is 39.1 Å². The van der Waals surface area contributed by atoms with Crippen molar-refractivity contribution >= 4 is 33.8 Å². The Balaban J connectivity index is 1.02. The Bertz CT molecular complexity index is 3000. The van der Waals surface area contributed by atoms with Crippen molar-refractivity contribution in [2.24, 2.45) is 0 Å². The van der Waals surface area contributed by atoms with Crippen LogP contribution in [-0.4, -0.2) is 5.97 Å². The Hall–Kier alpha value is -6.71. The molecule has 0 aromatic heterocycles. The number of hydrogen-bond acceptors (Lipinski definition) is 3. The van der Waals surface area contributed by atoms with E-state index >= 15 is 0 Å². The van der Waals surface area contributed by atoms with Crippen molar-refractivity contribution < 1.29 is 9.53 Å². The third-order valence-electron chi connectivity index (χ3n) is 15.3. The van der Waals surface area contributed by atoms with Gasteiger partial charge < -0.3 is 9.64 Å². The van der Waals surface area contributed by atoms with E-state index in [4.69, 9.17) is 4.74 Å². The molecule has 2 aliphatic carbocycles. The molecule has 0 unspecified atom stereocenters. The van der Waals surface area contributed by atoms with Gasteiger partial charge in [-0.2, -0.15) is 0 Å². The molecule has 65 heavy (non-hydrogen) atoms. The summed E-state index contributed by atoms with van der Waals surface area (Å²) < 4.78 is 5.98. The molecule has 3 nitrogen and oxygen atoms in total. The molecule has 0 spiro atoms.